The molecular weight excluding hydrogens is 250 g/mol. The van der Waals surface area contributed by atoms with Crippen LogP contribution in [0.5, 0.6) is 0 Å². The van der Waals surface area contributed by atoms with Gasteiger partial charge in [-0.3, -0.25) is 9.59 Å². The van der Waals surface area contributed by atoms with Crippen molar-refractivity contribution in [2.45, 2.75) is 32.2 Å². The minimum Gasteiger partial charge on any atom is -0.481 e. The number of rotatable bonds is 5. The minimum atomic E-state index is -0.883. The van der Waals surface area contributed by atoms with Gasteiger partial charge in [-0.2, -0.15) is 0 Å². The molecule has 2 unspecified atom stereocenters. The topological polar surface area (TPSA) is 98.7 Å². The van der Waals surface area contributed by atoms with E-state index in [1.54, 1.807) is 14.0 Å². The molecule has 0 bridgehead atoms. The Hall–Kier alpha value is -1.79. The van der Waals surface area contributed by atoms with Crippen LogP contribution in [0.2, 0.25) is 0 Å². The highest BCUT2D eigenvalue weighted by molar-refractivity contribution is 5.87. The van der Waals surface area contributed by atoms with Crippen LogP contribution in [-0.2, 0) is 9.59 Å². The second-order valence-electron chi connectivity index (χ2n) is 4.85. The molecule has 1 heterocycles. The number of carboxylic acid groups (broad SMARTS) is 1. The van der Waals surface area contributed by atoms with Gasteiger partial charge in [0.15, 0.2) is 0 Å². The lowest BCUT2D eigenvalue weighted by molar-refractivity contribution is -0.137. The second kappa shape index (κ2) is 6.96. The Morgan fingerprint density at radius 1 is 1.42 bits per heavy atom. The van der Waals surface area contributed by atoms with Crippen LogP contribution in [0, 0.1) is 5.92 Å². The predicted molar refractivity (Wildman–Crippen MR) is 68.6 cm³/mol. The number of likely N-dealkylation sites (N-methyl/N-ethyl adjacent to an activating group) is 1. The third kappa shape index (κ3) is 4.42. The first-order valence-corrected chi connectivity index (χ1v) is 6.43. The van der Waals surface area contributed by atoms with Crippen LogP contribution in [-0.4, -0.2) is 54.1 Å². The zero-order valence-electron chi connectivity index (χ0n) is 11.3. The number of hydrogen-bond acceptors (Lipinski definition) is 3. The summed E-state index contributed by atoms with van der Waals surface area (Å²) >= 11 is 0. The van der Waals surface area contributed by atoms with Gasteiger partial charge in [0, 0.05) is 26.6 Å². The molecule has 1 fully saturated rings. The fraction of sp³-hybridized carbons (Fsp3) is 0.750. The maximum Gasteiger partial charge on any atom is 0.318 e. The summed E-state index contributed by atoms with van der Waals surface area (Å²) in [6.45, 7) is 2.61. The molecule has 0 spiro atoms. The van der Waals surface area contributed by atoms with E-state index in [-0.39, 0.29) is 24.3 Å². The van der Waals surface area contributed by atoms with E-state index in [1.165, 1.54) is 4.90 Å². The Morgan fingerprint density at radius 2 is 2.11 bits per heavy atom. The van der Waals surface area contributed by atoms with E-state index in [2.05, 4.69) is 10.6 Å². The number of hydrogen-bond donors (Lipinski definition) is 3. The van der Waals surface area contributed by atoms with Crippen molar-refractivity contribution in [1.82, 2.24) is 15.5 Å². The number of urea groups is 1. The lowest BCUT2D eigenvalue weighted by atomic mass is 10.1. The summed E-state index contributed by atoms with van der Waals surface area (Å²) in [5, 5.41) is 13.9. The molecule has 108 valence electrons. The number of amides is 3. The molecule has 0 radical (unpaired) electrons. The summed E-state index contributed by atoms with van der Waals surface area (Å²) < 4.78 is 0. The molecule has 0 aromatic carbocycles. The summed E-state index contributed by atoms with van der Waals surface area (Å²) in [6, 6.07) is -0.719. The Kier molecular flexibility index (Phi) is 5.59. The van der Waals surface area contributed by atoms with Crippen molar-refractivity contribution in [1.29, 1.82) is 0 Å². The summed E-state index contributed by atoms with van der Waals surface area (Å²) in [4.78, 5) is 35.6. The van der Waals surface area contributed by atoms with E-state index in [0.29, 0.717) is 19.5 Å². The third-order valence-electron chi connectivity index (χ3n) is 3.19. The van der Waals surface area contributed by atoms with Gasteiger partial charge in [0.2, 0.25) is 5.91 Å². The van der Waals surface area contributed by atoms with Crippen molar-refractivity contribution in [2.75, 3.05) is 20.1 Å². The van der Waals surface area contributed by atoms with Gasteiger partial charge in [-0.15, -0.1) is 0 Å². The van der Waals surface area contributed by atoms with Crippen LogP contribution in [0.25, 0.3) is 0 Å². The predicted octanol–water partition coefficient (Wildman–Crippen LogP) is 0.0172. The monoisotopic (exact) mass is 271 g/mol. The van der Waals surface area contributed by atoms with Gasteiger partial charge in [-0.05, 0) is 18.8 Å². The SMILES string of the molecule is CNC(=O)C1CCCN1C(=O)NCC(C)CC(=O)O. The van der Waals surface area contributed by atoms with E-state index < -0.39 is 12.0 Å². The van der Waals surface area contributed by atoms with Gasteiger partial charge >= 0.3 is 12.0 Å². The first-order chi connectivity index (χ1) is 8.95. The third-order valence-corrected chi connectivity index (χ3v) is 3.19. The molecule has 2 atom stereocenters. The van der Waals surface area contributed by atoms with Crippen LogP contribution in [0.3, 0.4) is 0 Å². The number of nitrogens with one attached hydrogen (secondary N) is 2. The Labute approximate surface area is 112 Å². The summed E-state index contributed by atoms with van der Waals surface area (Å²) in [5.74, 6) is -1.18. The molecule has 1 saturated heterocycles. The fourth-order valence-electron chi connectivity index (χ4n) is 2.18. The van der Waals surface area contributed by atoms with Crippen molar-refractivity contribution < 1.29 is 19.5 Å². The smallest absolute Gasteiger partial charge is 0.318 e. The highest BCUT2D eigenvalue weighted by Gasteiger charge is 2.33. The van der Waals surface area contributed by atoms with E-state index in [9.17, 15) is 14.4 Å². The Bertz CT molecular complexity index is 359. The maximum absolute atomic E-state index is 12.0. The van der Waals surface area contributed by atoms with E-state index in [1.807, 2.05) is 0 Å². The largest absolute Gasteiger partial charge is 0.481 e. The van der Waals surface area contributed by atoms with Crippen molar-refractivity contribution >= 4 is 17.9 Å². The Morgan fingerprint density at radius 3 is 2.68 bits per heavy atom. The summed E-state index contributed by atoms with van der Waals surface area (Å²) in [6.07, 6.45) is 1.48. The van der Waals surface area contributed by atoms with Crippen LogP contribution in [0.1, 0.15) is 26.2 Å². The molecule has 7 nitrogen and oxygen atoms in total. The van der Waals surface area contributed by atoms with Crippen LogP contribution >= 0.6 is 0 Å². The number of carbonyl (C=O) groups excluding carboxylic acids is 2. The molecule has 3 amide bonds. The molecule has 0 saturated carbocycles. The van der Waals surface area contributed by atoms with Crippen molar-refractivity contribution in [2.24, 2.45) is 5.92 Å². The number of nitrogens with zero attached hydrogens (tertiary/aromatic N) is 1. The van der Waals surface area contributed by atoms with Crippen LogP contribution in [0.15, 0.2) is 0 Å². The normalized spacial score (nSPS) is 19.9. The number of likely N-dealkylation sites (tertiary alicyclic amines) is 1. The highest BCUT2D eigenvalue weighted by Crippen LogP contribution is 2.17. The minimum absolute atomic E-state index is 0.0131. The summed E-state index contributed by atoms with van der Waals surface area (Å²) in [7, 11) is 1.55. The zero-order chi connectivity index (χ0) is 14.4. The first-order valence-electron chi connectivity index (χ1n) is 6.43. The maximum atomic E-state index is 12.0. The van der Waals surface area contributed by atoms with E-state index in [4.69, 9.17) is 5.11 Å². The van der Waals surface area contributed by atoms with Gasteiger partial charge in [0.05, 0.1) is 0 Å². The van der Waals surface area contributed by atoms with Gasteiger partial charge in [-0.25, -0.2) is 4.79 Å². The van der Waals surface area contributed by atoms with Gasteiger partial charge in [0.1, 0.15) is 6.04 Å². The summed E-state index contributed by atoms with van der Waals surface area (Å²) in [5.41, 5.74) is 0. The number of aliphatic carboxylic acids is 1. The molecule has 1 rings (SSSR count). The van der Waals surface area contributed by atoms with E-state index >= 15 is 0 Å². The zero-order valence-corrected chi connectivity index (χ0v) is 11.3. The van der Waals surface area contributed by atoms with Gasteiger partial charge in [-0.1, -0.05) is 6.92 Å². The average molecular weight is 271 g/mol. The average Bonchev–Trinajstić information content (AvgIpc) is 2.83. The van der Waals surface area contributed by atoms with Gasteiger partial charge < -0.3 is 20.6 Å². The number of carboxylic acids is 1. The molecule has 0 aromatic heterocycles. The molecule has 7 heteroatoms. The van der Waals surface area contributed by atoms with Gasteiger partial charge in [0.25, 0.3) is 0 Å². The van der Waals surface area contributed by atoms with Crippen molar-refractivity contribution in [3.05, 3.63) is 0 Å². The van der Waals surface area contributed by atoms with Crippen molar-refractivity contribution in [3.63, 3.8) is 0 Å². The van der Waals surface area contributed by atoms with Crippen molar-refractivity contribution in [3.8, 4) is 0 Å². The molecule has 0 aliphatic carbocycles. The molecule has 3 N–H and O–H groups in total. The standard InChI is InChI=1S/C12H21N3O4/c1-8(6-10(16)17)7-14-12(19)15-5-3-4-9(15)11(18)13-2/h8-9H,3-7H2,1-2H3,(H,13,18)(H,14,19)(H,16,17). The first kappa shape index (κ1) is 15.3. The molecule has 0 aromatic rings. The Balaban J connectivity index is 2.44. The highest BCUT2D eigenvalue weighted by atomic mass is 16.4. The fourth-order valence-corrected chi connectivity index (χ4v) is 2.18. The number of carbonyl (C=O) groups is 3. The lowest BCUT2D eigenvalue weighted by Gasteiger charge is -2.24. The van der Waals surface area contributed by atoms with Crippen LogP contribution < -0.4 is 10.6 Å². The van der Waals surface area contributed by atoms with Crippen LogP contribution in [0.4, 0.5) is 4.79 Å². The molecule has 1 aliphatic rings. The quantitative estimate of drug-likeness (QED) is 0.656. The molecular formula is C12H21N3O4. The molecule has 19 heavy (non-hydrogen) atoms. The van der Waals surface area contributed by atoms with E-state index in [0.717, 1.165) is 6.42 Å². The molecule has 1 aliphatic heterocycles. The lowest BCUT2D eigenvalue weighted by Crippen LogP contribution is -2.49. The second-order valence-corrected chi connectivity index (χ2v) is 4.85.